The number of nitrogens with one attached hydrogen (secondary N) is 2. The number of hydrogen-bond acceptors (Lipinski definition) is 1. The third-order valence-electron chi connectivity index (χ3n) is 2.79. The molecule has 0 radical (unpaired) electrons. The number of carbonyl (C=O) groups is 1. The number of urea groups is 1. The van der Waals surface area contributed by atoms with E-state index in [1.165, 1.54) is 12.1 Å². The summed E-state index contributed by atoms with van der Waals surface area (Å²) >= 11 is 11.8. The lowest BCUT2D eigenvalue weighted by Crippen LogP contribution is -2.30. The Morgan fingerprint density at radius 2 is 1.90 bits per heavy atom. The molecule has 0 bridgehead atoms. The van der Waals surface area contributed by atoms with Gasteiger partial charge in [-0.05, 0) is 36.2 Å². The standard InChI is InChI=1S/C15H13Cl2FN2O/c16-12-5-2-6-13(14(12)17)20-15(21)19-8-7-10-3-1-4-11(18)9-10/h1-6,9H,7-8H2,(H2,19,20,21). The second kappa shape index (κ2) is 7.29. The van der Waals surface area contributed by atoms with Crippen LogP contribution >= 0.6 is 23.2 Å². The summed E-state index contributed by atoms with van der Waals surface area (Å²) in [6, 6.07) is 10.8. The van der Waals surface area contributed by atoms with E-state index in [4.69, 9.17) is 23.2 Å². The zero-order chi connectivity index (χ0) is 15.2. The quantitative estimate of drug-likeness (QED) is 0.853. The van der Waals surface area contributed by atoms with Gasteiger partial charge in [-0.3, -0.25) is 0 Å². The third-order valence-corrected chi connectivity index (χ3v) is 3.61. The summed E-state index contributed by atoms with van der Waals surface area (Å²) in [6.45, 7) is 0.382. The lowest BCUT2D eigenvalue weighted by Gasteiger charge is -2.09. The Bertz CT molecular complexity index is 649. The molecule has 6 heteroatoms. The molecule has 0 heterocycles. The summed E-state index contributed by atoms with van der Waals surface area (Å²) in [5.41, 5.74) is 1.25. The minimum absolute atomic E-state index is 0.289. The highest BCUT2D eigenvalue weighted by molar-refractivity contribution is 6.43. The van der Waals surface area contributed by atoms with Gasteiger partial charge in [0.2, 0.25) is 0 Å². The van der Waals surface area contributed by atoms with Gasteiger partial charge in [-0.15, -0.1) is 0 Å². The number of carbonyl (C=O) groups excluding carboxylic acids is 1. The van der Waals surface area contributed by atoms with Crippen LogP contribution in [0.5, 0.6) is 0 Å². The number of hydrogen-bond donors (Lipinski definition) is 2. The van der Waals surface area contributed by atoms with Gasteiger partial charge in [0.1, 0.15) is 5.82 Å². The minimum Gasteiger partial charge on any atom is -0.338 e. The third kappa shape index (κ3) is 4.62. The molecule has 2 aromatic rings. The molecule has 3 nitrogen and oxygen atoms in total. The zero-order valence-electron chi connectivity index (χ0n) is 11.0. The predicted molar refractivity (Wildman–Crippen MR) is 83.6 cm³/mol. The van der Waals surface area contributed by atoms with Crippen LogP contribution in [-0.4, -0.2) is 12.6 Å². The Morgan fingerprint density at radius 3 is 2.67 bits per heavy atom. The molecule has 2 aromatic carbocycles. The number of anilines is 1. The Morgan fingerprint density at radius 1 is 1.14 bits per heavy atom. The van der Waals surface area contributed by atoms with Gasteiger partial charge in [0, 0.05) is 6.54 Å². The summed E-state index contributed by atoms with van der Waals surface area (Å²) < 4.78 is 13.0. The molecule has 0 saturated carbocycles. The second-order valence-electron chi connectivity index (χ2n) is 4.36. The SMILES string of the molecule is O=C(NCCc1cccc(F)c1)Nc1cccc(Cl)c1Cl. The van der Waals surface area contributed by atoms with Crippen LogP contribution in [0.15, 0.2) is 42.5 Å². The monoisotopic (exact) mass is 326 g/mol. The van der Waals surface area contributed by atoms with Crippen molar-refractivity contribution in [2.24, 2.45) is 0 Å². The normalized spacial score (nSPS) is 10.2. The fourth-order valence-electron chi connectivity index (χ4n) is 1.78. The van der Waals surface area contributed by atoms with Crippen LogP contribution in [0.2, 0.25) is 10.0 Å². The van der Waals surface area contributed by atoms with E-state index in [0.717, 1.165) is 5.56 Å². The van der Waals surface area contributed by atoms with Crippen LogP contribution < -0.4 is 10.6 Å². The van der Waals surface area contributed by atoms with Crippen LogP contribution in [0.25, 0.3) is 0 Å². The van der Waals surface area contributed by atoms with E-state index >= 15 is 0 Å². The first kappa shape index (κ1) is 15.6. The van der Waals surface area contributed by atoms with E-state index in [2.05, 4.69) is 10.6 Å². The van der Waals surface area contributed by atoms with Crippen LogP contribution in [0.4, 0.5) is 14.9 Å². The van der Waals surface area contributed by atoms with Gasteiger partial charge in [0.15, 0.2) is 0 Å². The van der Waals surface area contributed by atoms with Crippen molar-refractivity contribution in [3.05, 3.63) is 63.9 Å². The molecule has 0 fully saturated rings. The van der Waals surface area contributed by atoms with E-state index in [9.17, 15) is 9.18 Å². The Balaban J connectivity index is 1.84. The van der Waals surface area contributed by atoms with E-state index in [-0.39, 0.29) is 5.82 Å². The highest BCUT2D eigenvalue weighted by atomic mass is 35.5. The smallest absolute Gasteiger partial charge is 0.319 e. The molecule has 2 rings (SSSR count). The summed E-state index contributed by atoms with van der Waals surface area (Å²) in [4.78, 5) is 11.7. The number of amides is 2. The van der Waals surface area contributed by atoms with Crippen LogP contribution in [0.3, 0.4) is 0 Å². The van der Waals surface area contributed by atoms with Gasteiger partial charge in [0.25, 0.3) is 0 Å². The first-order valence-corrected chi connectivity index (χ1v) is 7.05. The van der Waals surface area contributed by atoms with Crippen LogP contribution in [0, 0.1) is 5.82 Å². The van der Waals surface area contributed by atoms with E-state index in [1.54, 1.807) is 30.3 Å². The lowest BCUT2D eigenvalue weighted by molar-refractivity contribution is 0.252. The average molecular weight is 327 g/mol. The highest BCUT2D eigenvalue weighted by Crippen LogP contribution is 2.29. The zero-order valence-corrected chi connectivity index (χ0v) is 12.5. The molecule has 2 N–H and O–H groups in total. The maximum Gasteiger partial charge on any atom is 0.319 e. The van der Waals surface area contributed by atoms with E-state index < -0.39 is 6.03 Å². The topological polar surface area (TPSA) is 41.1 Å². The van der Waals surface area contributed by atoms with Gasteiger partial charge >= 0.3 is 6.03 Å². The summed E-state index contributed by atoms with van der Waals surface area (Å²) in [6.07, 6.45) is 0.536. The second-order valence-corrected chi connectivity index (χ2v) is 5.15. The summed E-state index contributed by atoms with van der Waals surface area (Å²) in [5, 5.41) is 5.94. The largest absolute Gasteiger partial charge is 0.338 e. The van der Waals surface area contributed by atoms with Crippen LogP contribution in [0.1, 0.15) is 5.56 Å². The lowest BCUT2D eigenvalue weighted by atomic mass is 10.1. The van der Waals surface area contributed by atoms with Crippen molar-refractivity contribution in [1.29, 1.82) is 0 Å². The van der Waals surface area contributed by atoms with Gasteiger partial charge in [-0.1, -0.05) is 41.4 Å². The van der Waals surface area contributed by atoms with E-state index in [1.807, 2.05) is 0 Å². The van der Waals surface area contributed by atoms with Crippen molar-refractivity contribution in [3.63, 3.8) is 0 Å². The predicted octanol–water partition coefficient (Wildman–Crippen LogP) is 4.50. The molecule has 0 aliphatic carbocycles. The molecule has 0 aliphatic heterocycles. The van der Waals surface area contributed by atoms with Crippen molar-refractivity contribution < 1.29 is 9.18 Å². The van der Waals surface area contributed by atoms with Crippen molar-refractivity contribution in [3.8, 4) is 0 Å². The molecule has 110 valence electrons. The Labute approximate surface area is 132 Å². The van der Waals surface area contributed by atoms with Crippen molar-refractivity contribution in [2.45, 2.75) is 6.42 Å². The fraction of sp³-hybridized carbons (Fsp3) is 0.133. The van der Waals surface area contributed by atoms with Gasteiger partial charge in [-0.2, -0.15) is 0 Å². The van der Waals surface area contributed by atoms with Gasteiger partial charge < -0.3 is 10.6 Å². The van der Waals surface area contributed by atoms with Crippen molar-refractivity contribution in [1.82, 2.24) is 5.32 Å². The molecule has 21 heavy (non-hydrogen) atoms. The number of rotatable bonds is 4. The Hall–Kier alpha value is -1.78. The molecular weight excluding hydrogens is 314 g/mol. The summed E-state index contributed by atoms with van der Waals surface area (Å²) in [5.74, 6) is -0.289. The molecule has 0 aliphatic rings. The maximum atomic E-state index is 13.0. The molecular formula is C15H13Cl2FN2O. The molecule has 0 spiro atoms. The Kier molecular flexibility index (Phi) is 5.42. The average Bonchev–Trinajstić information content (AvgIpc) is 2.44. The molecule has 0 saturated heterocycles. The van der Waals surface area contributed by atoms with Crippen molar-refractivity contribution >= 4 is 34.9 Å². The number of halogens is 3. The maximum absolute atomic E-state index is 13.0. The van der Waals surface area contributed by atoms with Crippen molar-refractivity contribution in [2.75, 3.05) is 11.9 Å². The van der Waals surface area contributed by atoms with Crippen LogP contribution in [-0.2, 0) is 6.42 Å². The first-order valence-electron chi connectivity index (χ1n) is 6.29. The molecule has 0 atom stereocenters. The highest BCUT2D eigenvalue weighted by Gasteiger charge is 2.07. The molecule has 0 aromatic heterocycles. The van der Waals surface area contributed by atoms with Gasteiger partial charge in [-0.25, -0.2) is 9.18 Å². The molecule has 2 amide bonds. The number of benzene rings is 2. The first-order chi connectivity index (χ1) is 10.1. The van der Waals surface area contributed by atoms with Gasteiger partial charge in [0.05, 0.1) is 15.7 Å². The fourth-order valence-corrected chi connectivity index (χ4v) is 2.13. The minimum atomic E-state index is -0.393. The molecule has 0 unspecified atom stereocenters. The van der Waals surface area contributed by atoms with E-state index in [0.29, 0.717) is 28.7 Å². The summed E-state index contributed by atoms with van der Waals surface area (Å²) in [7, 11) is 0.